The Morgan fingerprint density at radius 3 is 2.56 bits per heavy atom. The molecule has 0 spiro atoms. The molecule has 84 valence electrons. The van der Waals surface area contributed by atoms with E-state index in [1.54, 1.807) is 24.3 Å². The number of ether oxygens (including phenoxy) is 1. The van der Waals surface area contributed by atoms with Gasteiger partial charge in [0, 0.05) is 17.6 Å². The lowest BCUT2D eigenvalue weighted by molar-refractivity contribution is -0.153. The van der Waals surface area contributed by atoms with Crippen molar-refractivity contribution in [3.8, 4) is 0 Å². The van der Waals surface area contributed by atoms with Gasteiger partial charge < -0.3 is 4.74 Å². The molecule has 1 aromatic rings. The number of hydrogen-bond donors (Lipinski definition) is 0. The molecule has 0 aliphatic carbocycles. The number of carbonyl (C=O) groups is 2. The van der Waals surface area contributed by atoms with E-state index >= 15 is 0 Å². The molecular formula is C11H10ClNO3. The normalized spacial score (nSPS) is 19.2. The van der Waals surface area contributed by atoms with E-state index in [1.807, 2.05) is 0 Å². The van der Waals surface area contributed by atoms with Gasteiger partial charge in [0.05, 0.1) is 6.42 Å². The molecule has 16 heavy (non-hydrogen) atoms. The maximum atomic E-state index is 11.4. The van der Waals surface area contributed by atoms with E-state index in [9.17, 15) is 9.59 Å². The number of carbonyl (C=O) groups excluding carboxylic acids is 2. The molecule has 1 aliphatic rings. The lowest BCUT2D eigenvalue weighted by Crippen LogP contribution is -2.54. The van der Waals surface area contributed by atoms with Crippen molar-refractivity contribution in [2.24, 2.45) is 0 Å². The van der Waals surface area contributed by atoms with E-state index in [0.717, 1.165) is 0 Å². The summed E-state index contributed by atoms with van der Waals surface area (Å²) in [6.45, 7) is 1.32. The zero-order chi connectivity index (χ0) is 11.7. The van der Waals surface area contributed by atoms with E-state index in [0.29, 0.717) is 10.7 Å². The van der Waals surface area contributed by atoms with Crippen LogP contribution in [0.3, 0.4) is 0 Å². The van der Waals surface area contributed by atoms with Crippen molar-refractivity contribution in [1.29, 1.82) is 0 Å². The Labute approximate surface area is 97.7 Å². The average Bonchev–Trinajstić information content (AvgIpc) is 2.20. The van der Waals surface area contributed by atoms with Crippen LogP contribution in [0.15, 0.2) is 24.3 Å². The monoisotopic (exact) mass is 239 g/mol. The quantitative estimate of drug-likeness (QED) is 0.586. The van der Waals surface area contributed by atoms with Crippen molar-refractivity contribution < 1.29 is 14.3 Å². The topological polar surface area (TPSA) is 46.6 Å². The molecule has 0 saturated carbocycles. The molecule has 0 radical (unpaired) electrons. The molecule has 0 N–H and O–H groups in total. The second-order valence-corrected chi connectivity index (χ2v) is 3.94. The first kappa shape index (κ1) is 11.0. The van der Waals surface area contributed by atoms with Crippen molar-refractivity contribution in [3.05, 3.63) is 29.3 Å². The summed E-state index contributed by atoms with van der Waals surface area (Å²) in [6.07, 6.45) is -0.242. The van der Waals surface area contributed by atoms with Crippen LogP contribution in [0.5, 0.6) is 0 Å². The molecular weight excluding hydrogens is 230 g/mol. The number of benzene rings is 1. The molecule has 5 heteroatoms. The number of esters is 1. The lowest BCUT2D eigenvalue weighted by Gasteiger charge is -2.38. The summed E-state index contributed by atoms with van der Waals surface area (Å²) in [5.74, 6) is -0.454. The highest BCUT2D eigenvalue weighted by Gasteiger charge is 2.39. The number of hydrogen-bond acceptors (Lipinski definition) is 3. The molecule has 1 saturated heterocycles. The molecule has 0 aromatic heterocycles. The Kier molecular flexibility index (Phi) is 2.83. The Balaban J connectivity index is 2.15. The fourth-order valence-electron chi connectivity index (χ4n) is 1.59. The van der Waals surface area contributed by atoms with Gasteiger partial charge in [-0.3, -0.25) is 14.5 Å². The van der Waals surface area contributed by atoms with Crippen molar-refractivity contribution in [1.82, 2.24) is 0 Å². The Morgan fingerprint density at radius 1 is 1.44 bits per heavy atom. The Hall–Kier alpha value is -1.55. The van der Waals surface area contributed by atoms with Crippen molar-refractivity contribution in [2.45, 2.75) is 19.6 Å². The molecule has 1 amide bonds. The summed E-state index contributed by atoms with van der Waals surface area (Å²) in [6, 6.07) is 6.81. The number of anilines is 1. The van der Waals surface area contributed by atoms with Crippen LogP contribution < -0.4 is 4.90 Å². The van der Waals surface area contributed by atoms with Crippen LogP contribution in [0.1, 0.15) is 13.3 Å². The van der Waals surface area contributed by atoms with E-state index in [-0.39, 0.29) is 12.3 Å². The van der Waals surface area contributed by atoms with Gasteiger partial charge in [0.1, 0.15) is 0 Å². The first-order valence-electron chi connectivity index (χ1n) is 4.83. The van der Waals surface area contributed by atoms with Crippen LogP contribution >= 0.6 is 11.6 Å². The molecule has 0 bridgehead atoms. The fraction of sp³-hybridized carbons (Fsp3) is 0.273. The number of halogens is 1. The average molecular weight is 240 g/mol. The number of amides is 1. The fourth-order valence-corrected chi connectivity index (χ4v) is 1.71. The van der Waals surface area contributed by atoms with Gasteiger partial charge in [0.25, 0.3) is 0 Å². The predicted octanol–water partition coefficient (Wildman–Crippen LogP) is 1.97. The zero-order valence-corrected chi connectivity index (χ0v) is 9.40. The van der Waals surface area contributed by atoms with Gasteiger partial charge in [-0.2, -0.15) is 0 Å². The summed E-state index contributed by atoms with van der Waals surface area (Å²) in [7, 11) is 0. The van der Waals surface area contributed by atoms with Crippen LogP contribution in [0.25, 0.3) is 0 Å². The van der Waals surface area contributed by atoms with Crippen molar-refractivity contribution in [3.63, 3.8) is 0 Å². The predicted molar refractivity (Wildman–Crippen MR) is 59.1 cm³/mol. The number of β-lactam (4-membered cyclic amide) rings is 1. The molecule has 1 unspecified atom stereocenters. The van der Waals surface area contributed by atoms with Crippen LogP contribution in [-0.4, -0.2) is 18.1 Å². The molecule has 1 atom stereocenters. The van der Waals surface area contributed by atoms with Gasteiger partial charge >= 0.3 is 5.97 Å². The van der Waals surface area contributed by atoms with E-state index in [1.165, 1.54) is 11.8 Å². The highest BCUT2D eigenvalue weighted by Crippen LogP contribution is 2.29. The Morgan fingerprint density at radius 2 is 2.06 bits per heavy atom. The summed E-state index contributed by atoms with van der Waals surface area (Å²) < 4.78 is 4.99. The highest BCUT2D eigenvalue weighted by atomic mass is 35.5. The number of nitrogens with zero attached hydrogens (tertiary/aromatic N) is 1. The van der Waals surface area contributed by atoms with Gasteiger partial charge in [-0.15, -0.1) is 0 Å². The lowest BCUT2D eigenvalue weighted by atomic mass is 10.1. The third-order valence-corrected chi connectivity index (χ3v) is 2.56. The van der Waals surface area contributed by atoms with Crippen LogP contribution in [0.4, 0.5) is 5.69 Å². The first-order chi connectivity index (χ1) is 7.58. The third-order valence-electron chi connectivity index (χ3n) is 2.31. The molecule has 1 heterocycles. The molecule has 1 aromatic carbocycles. The van der Waals surface area contributed by atoms with Crippen LogP contribution in [0, 0.1) is 0 Å². The molecule has 2 rings (SSSR count). The second kappa shape index (κ2) is 4.14. The van der Waals surface area contributed by atoms with Gasteiger partial charge in [-0.25, -0.2) is 0 Å². The van der Waals surface area contributed by atoms with Crippen LogP contribution in [0.2, 0.25) is 5.02 Å². The third kappa shape index (κ3) is 2.02. The van der Waals surface area contributed by atoms with Crippen LogP contribution in [-0.2, 0) is 14.3 Å². The highest BCUT2D eigenvalue weighted by molar-refractivity contribution is 6.30. The molecule has 1 fully saturated rings. The minimum atomic E-state index is -0.480. The van der Waals surface area contributed by atoms with Crippen molar-refractivity contribution in [2.75, 3.05) is 4.90 Å². The smallest absolute Gasteiger partial charge is 0.304 e. The SMILES string of the molecule is CC(=O)OC1CC(=O)N1c1ccc(Cl)cc1. The molecule has 4 nitrogen and oxygen atoms in total. The van der Waals surface area contributed by atoms with Gasteiger partial charge in [0.15, 0.2) is 6.23 Å². The zero-order valence-electron chi connectivity index (χ0n) is 8.64. The summed E-state index contributed by atoms with van der Waals surface area (Å²) >= 11 is 5.75. The standard InChI is InChI=1S/C11H10ClNO3/c1-7(14)16-11-6-10(15)13(11)9-4-2-8(12)3-5-9/h2-5,11H,6H2,1H3. The Bertz CT molecular complexity index is 429. The summed E-state index contributed by atoms with van der Waals surface area (Å²) in [5.41, 5.74) is 0.687. The van der Waals surface area contributed by atoms with Gasteiger partial charge in [-0.1, -0.05) is 11.6 Å². The summed E-state index contributed by atoms with van der Waals surface area (Å²) in [4.78, 5) is 23.7. The second-order valence-electron chi connectivity index (χ2n) is 3.51. The minimum absolute atomic E-state index is 0.0615. The largest absolute Gasteiger partial charge is 0.441 e. The maximum Gasteiger partial charge on any atom is 0.304 e. The first-order valence-corrected chi connectivity index (χ1v) is 5.20. The minimum Gasteiger partial charge on any atom is -0.441 e. The maximum absolute atomic E-state index is 11.4. The summed E-state index contributed by atoms with van der Waals surface area (Å²) in [5, 5.41) is 0.598. The van der Waals surface area contributed by atoms with Gasteiger partial charge in [0.2, 0.25) is 5.91 Å². The van der Waals surface area contributed by atoms with Gasteiger partial charge in [-0.05, 0) is 24.3 Å². The van der Waals surface area contributed by atoms with Crippen molar-refractivity contribution >= 4 is 29.2 Å². The van der Waals surface area contributed by atoms with E-state index < -0.39 is 12.2 Å². The number of rotatable bonds is 2. The van der Waals surface area contributed by atoms with E-state index in [2.05, 4.69) is 0 Å². The van der Waals surface area contributed by atoms with E-state index in [4.69, 9.17) is 16.3 Å². The molecule has 1 aliphatic heterocycles.